The lowest BCUT2D eigenvalue weighted by molar-refractivity contribution is -0.785. The van der Waals surface area contributed by atoms with Gasteiger partial charge in [-0.2, -0.15) is 0 Å². The maximum atomic E-state index is 11.6. The molecule has 19 heavy (non-hydrogen) atoms. The predicted molar refractivity (Wildman–Crippen MR) is 68.9 cm³/mol. The first-order valence-corrected chi connectivity index (χ1v) is 6.81. The van der Waals surface area contributed by atoms with Gasteiger partial charge in [-0.3, -0.25) is 9.42 Å². The molecule has 0 saturated carbocycles. The summed E-state index contributed by atoms with van der Waals surface area (Å²) in [4.78, 5) is 13.9. The summed E-state index contributed by atoms with van der Waals surface area (Å²) >= 11 is 0. The molecule has 1 aromatic rings. The number of aromatic nitrogens is 2. The molecule has 0 aliphatic carbocycles. The zero-order chi connectivity index (χ0) is 13.7. The van der Waals surface area contributed by atoms with E-state index in [0.717, 1.165) is 39.4 Å². The van der Waals surface area contributed by atoms with Gasteiger partial charge in [-0.05, 0) is 19.1 Å². The standard InChI is InChI=1S/C12H22N4O3/c1-10(2)16-11(12(17)19-14-16)9-13-3-4-15-5-7-18-8-6-15/h10,13H,3-9H2,1-2H3/p+1. The Morgan fingerprint density at radius 2 is 2.16 bits per heavy atom. The van der Waals surface area contributed by atoms with Crippen molar-refractivity contribution in [3.8, 4) is 0 Å². The molecule has 0 spiro atoms. The van der Waals surface area contributed by atoms with Crippen molar-refractivity contribution >= 4 is 0 Å². The van der Waals surface area contributed by atoms with Crippen LogP contribution in [-0.4, -0.2) is 49.6 Å². The van der Waals surface area contributed by atoms with Gasteiger partial charge in [-0.1, -0.05) is 4.68 Å². The molecule has 108 valence electrons. The van der Waals surface area contributed by atoms with Crippen molar-refractivity contribution in [3.63, 3.8) is 0 Å². The second-order valence-electron chi connectivity index (χ2n) is 5.02. The fourth-order valence-corrected chi connectivity index (χ4v) is 2.15. The summed E-state index contributed by atoms with van der Waals surface area (Å²) in [5.74, 6) is 0. The first-order valence-electron chi connectivity index (χ1n) is 6.81. The van der Waals surface area contributed by atoms with Crippen molar-refractivity contribution in [1.82, 2.24) is 15.5 Å². The molecule has 1 aromatic heterocycles. The van der Waals surface area contributed by atoms with E-state index in [9.17, 15) is 4.79 Å². The van der Waals surface area contributed by atoms with Gasteiger partial charge in [0.15, 0.2) is 6.04 Å². The normalized spacial score (nSPS) is 17.2. The number of hydrogen-bond acceptors (Lipinski definition) is 5. The van der Waals surface area contributed by atoms with E-state index < -0.39 is 0 Å². The van der Waals surface area contributed by atoms with Crippen molar-refractivity contribution in [2.24, 2.45) is 0 Å². The first kappa shape index (κ1) is 14.2. The smallest absolute Gasteiger partial charge is 0.379 e. The zero-order valence-electron chi connectivity index (χ0n) is 11.6. The summed E-state index contributed by atoms with van der Waals surface area (Å²) in [5.41, 5.74) is 0.338. The number of hydrogen-bond donors (Lipinski definition) is 2. The highest BCUT2D eigenvalue weighted by Gasteiger charge is 2.22. The van der Waals surface area contributed by atoms with Crippen LogP contribution in [0, 0.1) is 0 Å². The number of ether oxygens (including phenoxy) is 1. The molecule has 1 aliphatic rings. The minimum absolute atomic E-state index is 0.183. The van der Waals surface area contributed by atoms with Crippen LogP contribution in [0.4, 0.5) is 0 Å². The van der Waals surface area contributed by atoms with Crippen LogP contribution < -0.4 is 15.6 Å². The van der Waals surface area contributed by atoms with Crippen LogP contribution in [0.5, 0.6) is 0 Å². The Balaban J connectivity index is 1.76. The van der Waals surface area contributed by atoms with Crippen LogP contribution in [0.3, 0.4) is 0 Å². The third-order valence-corrected chi connectivity index (χ3v) is 3.28. The second kappa shape index (κ2) is 6.83. The maximum absolute atomic E-state index is 11.6. The van der Waals surface area contributed by atoms with Crippen LogP contribution in [0.25, 0.3) is 0 Å². The molecule has 1 aliphatic heterocycles. The van der Waals surface area contributed by atoms with Gasteiger partial charge in [0, 0.05) is 26.2 Å². The molecule has 0 atom stereocenters. The van der Waals surface area contributed by atoms with E-state index >= 15 is 0 Å². The molecule has 7 heteroatoms. The molecule has 0 radical (unpaired) electrons. The van der Waals surface area contributed by atoms with Gasteiger partial charge in [0.25, 0.3) is 0 Å². The summed E-state index contributed by atoms with van der Waals surface area (Å²) in [6.07, 6.45) is 0. The highest BCUT2D eigenvalue weighted by molar-refractivity contribution is 4.82. The number of aromatic amines is 1. The molecule has 0 aromatic carbocycles. The Kier molecular flexibility index (Phi) is 5.12. The highest BCUT2D eigenvalue weighted by Crippen LogP contribution is 1.95. The van der Waals surface area contributed by atoms with Gasteiger partial charge in [0.1, 0.15) is 0 Å². The number of nitrogens with zero attached hydrogens (tertiary/aromatic N) is 2. The van der Waals surface area contributed by atoms with Crippen molar-refractivity contribution in [2.45, 2.75) is 26.4 Å². The van der Waals surface area contributed by atoms with Crippen LogP contribution in [0.2, 0.25) is 0 Å². The molecule has 7 nitrogen and oxygen atoms in total. The molecule has 2 heterocycles. The summed E-state index contributed by atoms with van der Waals surface area (Å²) < 4.78 is 11.9. The minimum atomic E-state index is -0.299. The van der Waals surface area contributed by atoms with Gasteiger partial charge in [0.2, 0.25) is 0 Å². The van der Waals surface area contributed by atoms with Gasteiger partial charge in [-0.25, -0.2) is 4.79 Å². The second-order valence-corrected chi connectivity index (χ2v) is 5.02. The molecular weight excluding hydrogens is 248 g/mol. The van der Waals surface area contributed by atoms with Gasteiger partial charge >= 0.3 is 11.3 Å². The molecule has 2 N–H and O–H groups in total. The van der Waals surface area contributed by atoms with E-state index in [1.54, 1.807) is 4.68 Å². The van der Waals surface area contributed by atoms with Crippen LogP contribution in [0.1, 0.15) is 25.6 Å². The zero-order valence-corrected chi connectivity index (χ0v) is 11.6. The van der Waals surface area contributed by atoms with E-state index in [1.165, 1.54) is 0 Å². The topological polar surface area (TPSA) is 74.4 Å². The minimum Gasteiger partial charge on any atom is -0.379 e. The number of rotatable bonds is 6. The van der Waals surface area contributed by atoms with Gasteiger partial charge in [0.05, 0.1) is 19.8 Å². The van der Waals surface area contributed by atoms with E-state index in [-0.39, 0.29) is 11.7 Å². The lowest BCUT2D eigenvalue weighted by Gasteiger charge is -2.26. The fraction of sp³-hybridized carbons (Fsp3) is 0.833. The largest absolute Gasteiger partial charge is 0.431 e. The maximum Gasteiger partial charge on any atom is 0.431 e. The van der Waals surface area contributed by atoms with Crippen molar-refractivity contribution in [3.05, 3.63) is 16.1 Å². The summed E-state index contributed by atoms with van der Waals surface area (Å²) in [6, 6.07) is 0.183. The van der Waals surface area contributed by atoms with Crippen molar-refractivity contribution < 1.29 is 13.9 Å². The third-order valence-electron chi connectivity index (χ3n) is 3.28. The molecule has 2 rings (SSSR count). The van der Waals surface area contributed by atoms with Crippen LogP contribution in [0.15, 0.2) is 9.32 Å². The van der Waals surface area contributed by atoms with Crippen molar-refractivity contribution in [1.29, 1.82) is 0 Å². The summed E-state index contributed by atoms with van der Waals surface area (Å²) in [6.45, 7) is 9.95. The van der Waals surface area contributed by atoms with Gasteiger partial charge in [-0.15, -0.1) is 0 Å². The Bertz CT molecular complexity index is 434. The molecule has 1 fully saturated rings. The van der Waals surface area contributed by atoms with E-state index in [1.807, 2.05) is 13.8 Å². The van der Waals surface area contributed by atoms with E-state index in [4.69, 9.17) is 9.26 Å². The third kappa shape index (κ3) is 3.89. The Morgan fingerprint density at radius 3 is 2.84 bits per heavy atom. The summed E-state index contributed by atoms with van der Waals surface area (Å²) in [7, 11) is 0. The molecule has 0 amide bonds. The monoisotopic (exact) mass is 271 g/mol. The van der Waals surface area contributed by atoms with E-state index in [2.05, 4.69) is 15.5 Å². The average molecular weight is 271 g/mol. The average Bonchev–Trinajstić information content (AvgIpc) is 2.77. The fourth-order valence-electron chi connectivity index (χ4n) is 2.15. The summed E-state index contributed by atoms with van der Waals surface area (Å²) in [5, 5.41) is 5.91. The number of morpholine rings is 1. The SMILES string of the molecule is CC(C)[n+]1[nH]oc(=O)c1CNCCN1CCOCC1. The Morgan fingerprint density at radius 1 is 1.42 bits per heavy atom. The molecule has 1 saturated heterocycles. The first-order chi connectivity index (χ1) is 9.18. The van der Waals surface area contributed by atoms with Gasteiger partial charge < -0.3 is 10.1 Å². The highest BCUT2D eigenvalue weighted by atomic mass is 16.5. The lowest BCUT2D eigenvalue weighted by atomic mass is 10.3. The van der Waals surface area contributed by atoms with Crippen molar-refractivity contribution in [2.75, 3.05) is 39.4 Å². The molecule has 0 bridgehead atoms. The Hall–Kier alpha value is -1.18. The van der Waals surface area contributed by atoms with E-state index in [0.29, 0.717) is 12.2 Å². The molecular formula is C12H23N4O3+. The van der Waals surface area contributed by atoms with Crippen LogP contribution in [-0.2, 0) is 11.3 Å². The predicted octanol–water partition coefficient (Wildman–Crippen LogP) is -0.742. The number of nitrogens with one attached hydrogen (secondary N) is 2. The molecule has 0 unspecified atom stereocenters. The quantitative estimate of drug-likeness (QED) is 0.526. The Labute approximate surface area is 112 Å². The van der Waals surface area contributed by atoms with Crippen LogP contribution >= 0.6 is 0 Å². The number of H-pyrrole nitrogens is 1. The lowest BCUT2D eigenvalue weighted by Crippen LogP contribution is -2.46.